The van der Waals surface area contributed by atoms with Crippen LogP contribution in [0.1, 0.15) is 41.6 Å². The number of rotatable bonds is 7. The normalized spacial score (nSPS) is 16.6. The highest BCUT2D eigenvalue weighted by atomic mass is 35.5. The van der Waals surface area contributed by atoms with Crippen LogP contribution in [-0.2, 0) is 4.79 Å². The van der Waals surface area contributed by atoms with Crippen LogP contribution in [-0.4, -0.2) is 58.2 Å². The molecule has 0 aliphatic carbocycles. The summed E-state index contributed by atoms with van der Waals surface area (Å²) in [4.78, 5) is 34.5. The van der Waals surface area contributed by atoms with Gasteiger partial charge in [0, 0.05) is 29.2 Å². The van der Waals surface area contributed by atoms with E-state index in [0.29, 0.717) is 46.8 Å². The molecule has 1 fully saturated rings. The van der Waals surface area contributed by atoms with Gasteiger partial charge in [-0.05, 0) is 49.6 Å². The summed E-state index contributed by atoms with van der Waals surface area (Å²) in [6.45, 7) is 4.52. The van der Waals surface area contributed by atoms with Crippen LogP contribution in [0.25, 0.3) is 11.4 Å². The molecule has 0 spiro atoms. The fourth-order valence-electron chi connectivity index (χ4n) is 4.44. The lowest BCUT2D eigenvalue weighted by molar-refractivity contribution is -0.136. The van der Waals surface area contributed by atoms with Crippen molar-refractivity contribution < 1.29 is 23.6 Å². The zero-order valence-electron chi connectivity index (χ0n) is 19.6. The summed E-state index contributed by atoms with van der Waals surface area (Å²) in [6, 6.07) is 11.8. The number of carbonyl (C=O) groups excluding carboxylic acids is 2. The summed E-state index contributed by atoms with van der Waals surface area (Å²) < 4.78 is 16.3. The molecule has 1 unspecified atom stereocenters. The topological polar surface area (TPSA) is 98.0 Å². The summed E-state index contributed by atoms with van der Waals surface area (Å²) in [5.41, 5.74) is 1.14. The molecule has 0 N–H and O–H groups in total. The molecular weight excluding hydrogens is 484 g/mol. The van der Waals surface area contributed by atoms with Gasteiger partial charge in [0.05, 0.1) is 0 Å². The number of benzene rings is 2. The Morgan fingerprint density at radius 1 is 1.17 bits per heavy atom. The maximum Gasteiger partial charge on any atom is 0.254 e. The number of hydrogen-bond acceptors (Lipinski definition) is 7. The van der Waals surface area contributed by atoms with Crippen LogP contribution < -0.4 is 9.47 Å². The van der Waals surface area contributed by atoms with Crippen molar-refractivity contribution in [3.63, 3.8) is 0 Å². The molecule has 2 aliphatic rings. The van der Waals surface area contributed by atoms with Crippen molar-refractivity contribution >= 4 is 23.4 Å². The number of piperidine rings is 1. The monoisotopic (exact) mass is 508 g/mol. The molecule has 2 aliphatic heterocycles. The first kappa shape index (κ1) is 23.9. The summed E-state index contributed by atoms with van der Waals surface area (Å²) in [5.74, 6) is 1.39. The first-order valence-corrected chi connectivity index (χ1v) is 12.1. The Kier molecular flexibility index (Phi) is 6.90. The molecule has 0 radical (unpaired) electrons. The number of halogens is 1. The molecule has 2 aromatic carbocycles. The SMILES string of the molecule is C=CCN(CC(=O)N1CCCCC1c1nc(-c2cccc(Cl)c2)no1)C(=O)c1ccc2c(c1)OCO2. The lowest BCUT2D eigenvalue weighted by Crippen LogP contribution is -2.46. The minimum absolute atomic E-state index is 0.106. The summed E-state index contributed by atoms with van der Waals surface area (Å²) in [5, 5.41) is 4.67. The van der Waals surface area contributed by atoms with E-state index in [1.807, 2.05) is 12.1 Å². The van der Waals surface area contributed by atoms with Crippen LogP contribution in [0.5, 0.6) is 11.5 Å². The van der Waals surface area contributed by atoms with E-state index in [4.69, 9.17) is 25.6 Å². The van der Waals surface area contributed by atoms with Gasteiger partial charge < -0.3 is 23.8 Å². The van der Waals surface area contributed by atoms with E-state index < -0.39 is 0 Å². The smallest absolute Gasteiger partial charge is 0.254 e. The van der Waals surface area contributed by atoms with E-state index in [2.05, 4.69) is 16.7 Å². The number of ether oxygens (including phenoxy) is 2. The Labute approximate surface area is 213 Å². The van der Waals surface area contributed by atoms with Crippen LogP contribution in [0.4, 0.5) is 0 Å². The van der Waals surface area contributed by atoms with E-state index in [-0.39, 0.29) is 37.7 Å². The molecule has 186 valence electrons. The van der Waals surface area contributed by atoms with Crippen LogP contribution >= 0.6 is 11.6 Å². The molecule has 1 saturated heterocycles. The third-order valence-corrected chi connectivity index (χ3v) is 6.45. The van der Waals surface area contributed by atoms with Crippen molar-refractivity contribution in [2.24, 2.45) is 0 Å². The number of carbonyl (C=O) groups is 2. The molecular formula is C26H25ClN4O5. The van der Waals surface area contributed by atoms with E-state index >= 15 is 0 Å². The number of likely N-dealkylation sites (tertiary alicyclic amines) is 1. The van der Waals surface area contributed by atoms with Crippen LogP contribution in [0.3, 0.4) is 0 Å². The van der Waals surface area contributed by atoms with Crippen molar-refractivity contribution in [3.05, 3.63) is 71.6 Å². The summed E-state index contributed by atoms with van der Waals surface area (Å²) in [7, 11) is 0. The number of aromatic nitrogens is 2. The van der Waals surface area contributed by atoms with Crippen molar-refractivity contribution in [1.29, 1.82) is 0 Å². The molecule has 0 saturated carbocycles. The van der Waals surface area contributed by atoms with Crippen LogP contribution in [0, 0.1) is 0 Å². The Morgan fingerprint density at radius 3 is 2.86 bits per heavy atom. The first-order valence-electron chi connectivity index (χ1n) is 11.7. The molecule has 36 heavy (non-hydrogen) atoms. The summed E-state index contributed by atoms with van der Waals surface area (Å²) >= 11 is 6.10. The molecule has 0 bridgehead atoms. The molecule has 9 nitrogen and oxygen atoms in total. The highest BCUT2D eigenvalue weighted by Gasteiger charge is 2.33. The lowest BCUT2D eigenvalue weighted by Gasteiger charge is -2.35. The van der Waals surface area contributed by atoms with Crippen LogP contribution in [0.15, 0.2) is 59.6 Å². The van der Waals surface area contributed by atoms with Gasteiger partial charge in [-0.3, -0.25) is 9.59 Å². The predicted molar refractivity (Wildman–Crippen MR) is 132 cm³/mol. The molecule has 3 heterocycles. The van der Waals surface area contributed by atoms with E-state index in [1.54, 1.807) is 41.3 Å². The summed E-state index contributed by atoms with van der Waals surface area (Å²) in [6.07, 6.45) is 4.08. The predicted octanol–water partition coefficient (Wildman–Crippen LogP) is 4.50. The van der Waals surface area contributed by atoms with E-state index in [1.165, 1.54) is 4.90 Å². The molecule has 1 atom stereocenters. The maximum atomic E-state index is 13.5. The quantitative estimate of drug-likeness (QED) is 0.433. The van der Waals surface area contributed by atoms with Crippen molar-refractivity contribution in [1.82, 2.24) is 19.9 Å². The standard InChI is InChI=1S/C26H25ClN4O5/c1-2-11-30(26(33)18-9-10-21-22(14-18)35-16-34-21)15-23(32)31-12-4-3-8-20(31)25-28-24(29-36-25)17-6-5-7-19(27)13-17/h2,5-7,9-10,13-14,20H,1,3-4,8,11-12,15-16H2. The largest absolute Gasteiger partial charge is 0.454 e. The number of nitrogens with zero attached hydrogens (tertiary/aromatic N) is 4. The molecule has 5 rings (SSSR count). The Bertz CT molecular complexity index is 1290. The highest BCUT2D eigenvalue weighted by Crippen LogP contribution is 2.34. The lowest BCUT2D eigenvalue weighted by atomic mass is 10.0. The van der Waals surface area contributed by atoms with Crippen LogP contribution in [0.2, 0.25) is 5.02 Å². The molecule has 1 aromatic heterocycles. The fraction of sp³-hybridized carbons (Fsp3) is 0.308. The second-order valence-corrected chi connectivity index (χ2v) is 9.04. The Balaban J connectivity index is 1.33. The Hall–Kier alpha value is -3.85. The molecule has 10 heteroatoms. The van der Waals surface area contributed by atoms with Gasteiger partial charge in [-0.15, -0.1) is 6.58 Å². The fourth-order valence-corrected chi connectivity index (χ4v) is 4.63. The average Bonchev–Trinajstić information content (AvgIpc) is 3.57. The van der Waals surface area contributed by atoms with Crippen molar-refractivity contribution in [3.8, 4) is 22.9 Å². The van der Waals surface area contributed by atoms with E-state index in [9.17, 15) is 9.59 Å². The van der Waals surface area contributed by atoms with Gasteiger partial charge in [0.15, 0.2) is 11.5 Å². The third-order valence-electron chi connectivity index (χ3n) is 6.22. The van der Waals surface area contributed by atoms with Gasteiger partial charge in [-0.1, -0.05) is 35.0 Å². The minimum atomic E-state index is -0.363. The minimum Gasteiger partial charge on any atom is -0.454 e. The molecule has 2 amide bonds. The van der Waals surface area contributed by atoms with Gasteiger partial charge in [0.2, 0.25) is 24.4 Å². The second-order valence-electron chi connectivity index (χ2n) is 8.61. The van der Waals surface area contributed by atoms with Crippen molar-refractivity contribution in [2.45, 2.75) is 25.3 Å². The number of amides is 2. The first-order chi connectivity index (χ1) is 17.5. The van der Waals surface area contributed by atoms with E-state index in [0.717, 1.165) is 18.4 Å². The third kappa shape index (κ3) is 4.92. The Morgan fingerprint density at radius 2 is 2.03 bits per heavy atom. The zero-order valence-corrected chi connectivity index (χ0v) is 20.3. The molecule has 3 aromatic rings. The maximum absolute atomic E-state index is 13.5. The van der Waals surface area contributed by atoms with Gasteiger partial charge in [-0.2, -0.15) is 4.98 Å². The van der Waals surface area contributed by atoms with Crippen molar-refractivity contribution in [2.75, 3.05) is 26.4 Å². The number of fused-ring (bicyclic) bond motifs is 1. The second kappa shape index (κ2) is 10.4. The van der Waals surface area contributed by atoms with Gasteiger partial charge in [0.1, 0.15) is 12.6 Å². The average molecular weight is 509 g/mol. The van der Waals surface area contributed by atoms with Gasteiger partial charge in [0.25, 0.3) is 5.91 Å². The number of hydrogen-bond donors (Lipinski definition) is 0. The van der Waals surface area contributed by atoms with Gasteiger partial charge in [-0.25, -0.2) is 0 Å². The van der Waals surface area contributed by atoms with Gasteiger partial charge >= 0.3 is 0 Å². The highest BCUT2D eigenvalue weighted by molar-refractivity contribution is 6.30. The zero-order chi connectivity index (χ0) is 25.1.